The third-order valence-corrected chi connectivity index (χ3v) is 2.72. The van der Waals surface area contributed by atoms with Crippen LogP contribution in [-0.2, 0) is 4.79 Å². The Morgan fingerprint density at radius 2 is 1.62 bits per heavy atom. The van der Waals surface area contributed by atoms with E-state index in [4.69, 9.17) is 5.11 Å². The maximum absolute atomic E-state index is 13.5. The van der Waals surface area contributed by atoms with Crippen LogP contribution in [0.25, 0.3) is 6.08 Å². The number of hydrogen-bond donors (Lipinski definition) is 2. The fraction of sp³-hybridized carbons (Fsp3) is 0. The van der Waals surface area contributed by atoms with E-state index in [0.717, 1.165) is 6.08 Å². The molecular weight excluding hydrogens is 273 g/mol. The van der Waals surface area contributed by atoms with E-state index in [-0.39, 0.29) is 5.56 Å². The first-order valence-electron chi connectivity index (χ1n) is 6.14. The highest BCUT2D eigenvalue weighted by atomic mass is 19.1. The fourth-order valence-electron chi connectivity index (χ4n) is 1.68. The summed E-state index contributed by atoms with van der Waals surface area (Å²) in [5.74, 6) is -2.48. The molecule has 2 aromatic rings. The van der Waals surface area contributed by atoms with E-state index in [0.29, 0.717) is 5.56 Å². The van der Waals surface area contributed by atoms with Gasteiger partial charge < -0.3 is 10.4 Å². The van der Waals surface area contributed by atoms with Gasteiger partial charge in [0.05, 0.1) is 0 Å². The lowest BCUT2D eigenvalue weighted by atomic mass is 10.1. The number of halogens is 1. The van der Waals surface area contributed by atoms with E-state index in [1.807, 2.05) is 0 Å². The van der Waals surface area contributed by atoms with Gasteiger partial charge in [0, 0.05) is 11.1 Å². The lowest BCUT2D eigenvalue weighted by molar-refractivity contribution is -0.132. The monoisotopic (exact) mass is 285 g/mol. The van der Waals surface area contributed by atoms with Crippen LogP contribution in [0.4, 0.5) is 4.39 Å². The van der Waals surface area contributed by atoms with Crippen molar-refractivity contribution < 1.29 is 19.1 Å². The molecule has 0 heterocycles. The minimum absolute atomic E-state index is 0.0864. The first-order valence-corrected chi connectivity index (χ1v) is 6.14. The molecule has 0 aliphatic carbocycles. The van der Waals surface area contributed by atoms with Crippen LogP contribution in [0.3, 0.4) is 0 Å². The standard InChI is InChI=1S/C16H12FNO3/c17-13-9-5-4-8-12(13)10-14(16(20)21)18-15(19)11-6-2-1-3-7-11/h1-10H,(H,18,19)(H,20,21). The smallest absolute Gasteiger partial charge is 0.352 e. The average molecular weight is 285 g/mol. The highest BCUT2D eigenvalue weighted by molar-refractivity contribution is 6.02. The largest absolute Gasteiger partial charge is 0.477 e. The highest BCUT2D eigenvalue weighted by Crippen LogP contribution is 2.11. The fourth-order valence-corrected chi connectivity index (χ4v) is 1.68. The van der Waals surface area contributed by atoms with Crippen LogP contribution in [-0.4, -0.2) is 17.0 Å². The average Bonchev–Trinajstić information content (AvgIpc) is 2.49. The van der Waals surface area contributed by atoms with Crippen molar-refractivity contribution in [1.82, 2.24) is 5.32 Å². The van der Waals surface area contributed by atoms with Crippen LogP contribution in [0, 0.1) is 5.82 Å². The van der Waals surface area contributed by atoms with Crippen molar-refractivity contribution in [2.24, 2.45) is 0 Å². The molecule has 0 saturated carbocycles. The summed E-state index contributed by atoms with van der Waals surface area (Å²) >= 11 is 0. The molecule has 0 unspecified atom stereocenters. The number of amides is 1. The topological polar surface area (TPSA) is 66.4 Å². The molecule has 21 heavy (non-hydrogen) atoms. The number of rotatable bonds is 4. The van der Waals surface area contributed by atoms with Crippen molar-refractivity contribution in [1.29, 1.82) is 0 Å². The van der Waals surface area contributed by atoms with Crippen LogP contribution in [0.2, 0.25) is 0 Å². The van der Waals surface area contributed by atoms with Gasteiger partial charge in [0.25, 0.3) is 5.91 Å². The Bertz CT molecular complexity index is 696. The van der Waals surface area contributed by atoms with Crippen LogP contribution in [0.15, 0.2) is 60.3 Å². The first kappa shape index (κ1) is 14.5. The summed E-state index contributed by atoms with van der Waals surface area (Å²) in [7, 11) is 0. The molecule has 0 fully saturated rings. The van der Waals surface area contributed by atoms with Crippen LogP contribution >= 0.6 is 0 Å². The van der Waals surface area contributed by atoms with E-state index in [1.54, 1.807) is 36.4 Å². The number of carbonyl (C=O) groups is 2. The minimum Gasteiger partial charge on any atom is -0.477 e. The quantitative estimate of drug-likeness (QED) is 0.849. The van der Waals surface area contributed by atoms with Crippen molar-refractivity contribution in [2.45, 2.75) is 0 Å². The molecule has 1 amide bonds. The normalized spacial score (nSPS) is 11.0. The molecule has 0 aliphatic heterocycles. The van der Waals surface area contributed by atoms with Gasteiger partial charge in [0.2, 0.25) is 0 Å². The molecule has 0 bridgehead atoms. The van der Waals surface area contributed by atoms with Crippen LogP contribution < -0.4 is 5.32 Å². The molecule has 106 valence electrons. The van der Waals surface area contributed by atoms with Gasteiger partial charge >= 0.3 is 5.97 Å². The van der Waals surface area contributed by atoms with Gasteiger partial charge in [-0.25, -0.2) is 9.18 Å². The molecule has 0 aliphatic rings. The van der Waals surface area contributed by atoms with Crippen molar-refractivity contribution in [3.63, 3.8) is 0 Å². The molecule has 2 N–H and O–H groups in total. The first-order chi connectivity index (χ1) is 10.1. The molecule has 0 radical (unpaired) electrons. The molecule has 2 aromatic carbocycles. The second-order valence-corrected chi connectivity index (χ2v) is 4.20. The molecule has 0 atom stereocenters. The molecular formula is C16H12FNO3. The summed E-state index contributed by atoms with van der Waals surface area (Å²) in [4.78, 5) is 23.1. The number of benzene rings is 2. The highest BCUT2D eigenvalue weighted by Gasteiger charge is 2.13. The second kappa shape index (κ2) is 6.47. The van der Waals surface area contributed by atoms with Gasteiger partial charge in [-0.05, 0) is 24.3 Å². The Balaban J connectivity index is 2.27. The molecule has 0 aromatic heterocycles. The van der Waals surface area contributed by atoms with Gasteiger partial charge in [0.1, 0.15) is 11.5 Å². The Labute approximate surface area is 120 Å². The maximum Gasteiger partial charge on any atom is 0.352 e. The summed E-state index contributed by atoms with van der Waals surface area (Å²) in [6.07, 6.45) is 1.08. The summed E-state index contributed by atoms with van der Waals surface area (Å²) < 4.78 is 13.5. The van der Waals surface area contributed by atoms with Gasteiger partial charge in [-0.2, -0.15) is 0 Å². The van der Waals surface area contributed by atoms with Gasteiger partial charge in [-0.1, -0.05) is 36.4 Å². The van der Waals surface area contributed by atoms with Crippen molar-refractivity contribution in [3.05, 3.63) is 77.2 Å². The Morgan fingerprint density at radius 3 is 2.24 bits per heavy atom. The third kappa shape index (κ3) is 3.76. The zero-order valence-electron chi connectivity index (χ0n) is 10.9. The van der Waals surface area contributed by atoms with E-state index in [9.17, 15) is 14.0 Å². The molecule has 2 rings (SSSR count). The number of aliphatic carboxylic acids is 1. The molecule has 4 nitrogen and oxygen atoms in total. The van der Waals surface area contributed by atoms with Crippen molar-refractivity contribution >= 4 is 18.0 Å². The number of carbonyl (C=O) groups excluding carboxylic acids is 1. The lowest BCUT2D eigenvalue weighted by Gasteiger charge is -2.06. The van der Waals surface area contributed by atoms with E-state index >= 15 is 0 Å². The summed E-state index contributed by atoms with van der Waals surface area (Å²) in [6, 6.07) is 13.9. The Kier molecular flexibility index (Phi) is 4.46. The zero-order valence-corrected chi connectivity index (χ0v) is 10.9. The number of nitrogens with one attached hydrogen (secondary N) is 1. The number of carboxylic acid groups (broad SMARTS) is 1. The molecule has 0 saturated heterocycles. The zero-order chi connectivity index (χ0) is 15.2. The second-order valence-electron chi connectivity index (χ2n) is 4.20. The van der Waals surface area contributed by atoms with Crippen LogP contribution in [0.1, 0.15) is 15.9 Å². The molecule has 5 heteroatoms. The minimum atomic E-state index is -1.34. The summed E-state index contributed by atoms with van der Waals surface area (Å²) in [5, 5.41) is 11.4. The van der Waals surface area contributed by atoms with E-state index < -0.39 is 23.4 Å². The SMILES string of the molecule is O=C(O)C(=Cc1ccccc1F)NC(=O)c1ccccc1. The van der Waals surface area contributed by atoms with Crippen molar-refractivity contribution in [3.8, 4) is 0 Å². The van der Waals surface area contributed by atoms with Gasteiger partial charge in [-0.15, -0.1) is 0 Å². The lowest BCUT2D eigenvalue weighted by Crippen LogP contribution is -2.27. The van der Waals surface area contributed by atoms with Gasteiger partial charge in [0.15, 0.2) is 0 Å². The predicted molar refractivity (Wildman–Crippen MR) is 75.9 cm³/mol. The van der Waals surface area contributed by atoms with Gasteiger partial charge in [-0.3, -0.25) is 4.79 Å². The number of carboxylic acids is 1. The number of hydrogen-bond acceptors (Lipinski definition) is 2. The maximum atomic E-state index is 13.5. The predicted octanol–water partition coefficient (Wildman–Crippen LogP) is 2.68. The van der Waals surface area contributed by atoms with E-state index in [2.05, 4.69) is 5.32 Å². The Morgan fingerprint density at radius 1 is 1.00 bits per heavy atom. The summed E-state index contributed by atoms with van der Waals surface area (Å²) in [5.41, 5.74) is 0.00963. The Hall–Kier alpha value is -2.95. The third-order valence-electron chi connectivity index (χ3n) is 2.72. The van der Waals surface area contributed by atoms with E-state index in [1.165, 1.54) is 18.2 Å². The van der Waals surface area contributed by atoms with Crippen molar-refractivity contribution in [2.75, 3.05) is 0 Å². The summed E-state index contributed by atoms with van der Waals surface area (Å²) in [6.45, 7) is 0. The van der Waals surface area contributed by atoms with Crippen LogP contribution in [0.5, 0.6) is 0 Å². The molecule has 0 spiro atoms.